The Morgan fingerprint density at radius 2 is 1.86 bits per heavy atom. The van der Waals surface area contributed by atoms with Crippen LogP contribution in [0, 0.1) is 0 Å². The minimum absolute atomic E-state index is 0.112. The van der Waals surface area contributed by atoms with Gasteiger partial charge in [-0.2, -0.15) is 0 Å². The van der Waals surface area contributed by atoms with Crippen molar-refractivity contribution >= 4 is 11.6 Å². The fraction of sp³-hybridized carbons (Fsp3) is 0.188. The van der Waals surface area contributed by atoms with Gasteiger partial charge in [-0.15, -0.1) is 0 Å². The predicted molar refractivity (Wildman–Crippen MR) is 81.5 cm³/mol. The Morgan fingerprint density at radius 1 is 1.14 bits per heavy atom. The summed E-state index contributed by atoms with van der Waals surface area (Å²) in [7, 11) is 1.64. The molecule has 0 radical (unpaired) electrons. The first kappa shape index (κ1) is 14.7. The second kappa shape index (κ2) is 7.19. The Hall–Kier alpha value is -2.69. The van der Waals surface area contributed by atoms with E-state index >= 15 is 0 Å². The van der Waals surface area contributed by atoms with Crippen molar-refractivity contribution in [1.82, 2.24) is 0 Å². The first-order valence-electron chi connectivity index (χ1n) is 6.56. The van der Waals surface area contributed by atoms with Crippen LogP contribution < -0.4 is 20.5 Å². The zero-order chi connectivity index (χ0) is 15.1. The number of amides is 1. The summed E-state index contributed by atoms with van der Waals surface area (Å²) in [6.45, 7) is 0.551. The van der Waals surface area contributed by atoms with Gasteiger partial charge in [0.1, 0.15) is 11.5 Å². The molecule has 2 aromatic rings. The lowest BCUT2D eigenvalue weighted by Gasteiger charge is -2.11. The summed E-state index contributed by atoms with van der Waals surface area (Å²) in [4.78, 5) is 10.6. The van der Waals surface area contributed by atoms with Gasteiger partial charge in [-0.1, -0.05) is 24.3 Å². The predicted octanol–water partition coefficient (Wildman–Crippen LogP) is 2.17. The van der Waals surface area contributed by atoms with E-state index in [9.17, 15) is 4.79 Å². The van der Waals surface area contributed by atoms with Crippen LogP contribution in [0.3, 0.4) is 0 Å². The quantitative estimate of drug-likeness (QED) is 0.818. The highest BCUT2D eigenvalue weighted by molar-refractivity contribution is 5.75. The second-order valence-corrected chi connectivity index (χ2v) is 4.45. The van der Waals surface area contributed by atoms with Gasteiger partial charge in [0.25, 0.3) is 5.91 Å². The summed E-state index contributed by atoms with van der Waals surface area (Å²) < 4.78 is 10.5. The van der Waals surface area contributed by atoms with Gasteiger partial charge in [0, 0.05) is 6.54 Å². The van der Waals surface area contributed by atoms with Crippen molar-refractivity contribution in [2.45, 2.75) is 6.54 Å². The number of carbonyl (C=O) groups excluding carboxylic acids is 1. The van der Waals surface area contributed by atoms with Crippen molar-refractivity contribution in [2.24, 2.45) is 5.73 Å². The molecule has 0 aliphatic rings. The molecule has 0 fully saturated rings. The van der Waals surface area contributed by atoms with Gasteiger partial charge in [-0.25, -0.2) is 0 Å². The molecule has 0 spiro atoms. The van der Waals surface area contributed by atoms with E-state index in [1.807, 2.05) is 48.5 Å². The van der Waals surface area contributed by atoms with Gasteiger partial charge in [-0.3, -0.25) is 4.79 Å². The Bertz CT molecular complexity index is 597. The van der Waals surface area contributed by atoms with Crippen LogP contribution in [0.5, 0.6) is 11.5 Å². The number of nitrogens with two attached hydrogens (primary N) is 1. The molecule has 21 heavy (non-hydrogen) atoms. The van der Waals surface area contributed by atoms with Crippen LogP contribution in [0.25, 0.3) is 0 Å². The lowest BCUT2D eigenvalue weighted by molar-refractivity contribution is -0.119. The van der Waals surface area contributed by atoms with Crippen molar-refractivity contribution in [2.75, 3.05) is 19.0 Å². The number of anilines is 1. The third-order valence-corrected chi connectivity index (χ3v) is 2.89. The fourth-order valence-electron chi connectivity index (χ4n) is 1.85. The number of benzene rings is 2. The zero-order valence-electron chi connectivity index (χ0n) is 11.8. The van der Waals surface area contributed by atoms with Gasteiger partial charge < -0.3 is 20.5 Å². The Morgan fingerprint density at radius 3 is 2.52 bits per heavy atom. The normalized spacial score (nSPS) is 9.95. The highest BCUT2D eigenvalue weighted by Gasteiger charge is 2.02. The Balaban J connectivity index is 1.93. The van der Waals surface area contributed by atoms with Crippen LogP contribution in [0.15, 0.2) is 48.5 Å². The Kier molecular flexibility index (Phi) is 5.04. The largest absolute Gasteiger partial charge is 0.495 e. The molecule has 0 atom stereocenters. The lowest BCUT2D eigenvalue weighted by atomic mass is 10.2. The molecule has 0 aliphatic heterocycles. The number of nitrogens with one attached hydrogen (secondary N) is 1. The molecule has 0 saturated heterocycles. The van der Waals surface area contributed by atoms with Gasteiger partial charge >= 0.3 is 0 Å². The minimum Gasteiger partial charge on any atom is -0.495 e. The first-order chi connectivity index (χ1) is 10.2. The number of carbonyl (C=O) groups is 1. The van der Waals surface area contributed by atoms with Gasteiger partial charge in [0.05, 0.1) is 12.8 Å². The highest BCUT2D eigenvalue weighted by atomic mass is 16.5. The summed E-state index contributed by atoms with van der Waals surface area (Å²) in [6.07, 6.45) is 0. The maximum absolute atomic E-state index is 10.6. The smallest absolute Gasteiger partial charge is 0.255 e. The number of methoxy groups -OCH3 is 1. The molecular weight excluding hydrogens is 268 g/mol. The molecule has 1 amide bonds. The molecule has 2 rings (SSSR count). The van der Waals surface area contributed by atoms with E-state index in [2.05, 4.69) is 5.32 Å². The molecule has 2 aromatic carbocycles. The maximum atomic E-state index is 10.6. The summed E-state index contributed by atoms with van der Waals surface area (Å²) in [5, 5.41) is 3.31. The summed E-state index contributed by atoms with van der Waals surface area (Å²) in [5.41, 5.74) is 7.05. The number of para-hydroxylation sites is 2. The average Bonchev–Trinajstić information content (AvgIpc) is 2.52. The molecule has 0 unspecified atom stereocenters. The van der Waals surface area contributed by atoms with Crippen LogP contribution in [0.1, 0.15) is 5.56 Å². The van der Waals surface area contributed by atoms with Crippen LogP contribution in [-0.4, -0.2) is 19.6 Å². The molecule has 0 aliphatic carbocycles. The molecule has 0 aromatic heterocycles. The maximum Gasteiger partial charge on any atom is 0.255 e. The molecule has 5 heteroatoms. The summed E-state index contributed by atoms with van der Waals surface area (Å²) in [6, 6.07) is 15.2. The van der Waals surface area contributed by atoms with Crippen molar-refractivity contribution in [1.29, 1.82) is 0 Å². The first-order valence-corrected chi connectivity index (χ1v) is 6.56. The number of hydrogen-bond donors (Lipinski definition) is 2. The molecule has 0 saturated carbocycles. The molecular formula is C16H18N2O3. The third-order valence-electron chi connectivity index (χ3n) is 2.89. The summed E-state index contributed by atoms with van der Waals surface area (Å²) >= 11 is 0. The van der Waals surface area contributed by atoms with Crippen molar-refractivity contribution in [3.8, 4) is 11.5 Å². The number of rotatable bonds is 7. The van der Waals surface area contributed by atoms with Crippen molar-refractivity contribution in [3.05, 3.63) is 54.1 Å². The van der Waals surface area contributed by atoms with Crippen molar-refractivity contribution in [3.63, 3.8) is 0 Å². The van der Waals surface area contributed by atoms with Crippen LogP contribution >= 0.6 is 0 Å². The number of hydrogen-bond acceptors (Lipinski definition) is 4. The fourth-order valence-corrected chi connectivity index (χ4v) is 1.85. The minimum atomic E-state index is -0.489. The van der Waals surface area contributed by atoms with E-state index in [1.165, 1.54) is 0 Å². The highest BCUT2D eigenvalue weighted by Crippen LogP contribution is 2.23. The topological polar surface area (TPSA) is 73.6 Å². The summed E-state index contributed by atoms with van der Waals surface area (Å²) in [5.74, 6) is 0.936. The second-order valence-electron chi connectivity index (χ2n) is 4.45. The molecule has 0 bridgehead atoms. The van der Waals surface area contributed by atoms with E-state index in [1.54, 1.807) is 7.11 Å². The monoisotopic (exact) mass is 286 g/mol. The number of primary amides is 1. The molecule has 0 heterocycles. The van der Waals surface area contributed by atoms with Gasteiger partial charge in [0.15, 0.2) is 6.61 Å². The van der Waals surface area contributed by atoms with Crippen LogP contribution in [0.4, 0.5) is 5.69 Å². The SMILES string of the molecule is COc1ccccc1NCc1ccc(OCC(N)=O)cc1. The standard InChI is InChI=1S/C16H18N2O3/c1-20-15-5-3-2-4-14(15)18-10-12-6-8-13(9-7-12)21-11-16(17)19/h2-9,18H,10-11H2,1H3,(H2,17,19). The van der Waals surface area contributed by atoms with E-state index in [-0.39, 0.29) is 6.61 Å². The van der Waals surface area contributed by atoms with E-state index in [0.717, 1.165) is 17.0 Å². The van der Waals surface area contributed by atoms with E-state index in [0.29, 0.717) is 12.3 Å². The lowest BCUT2D eigenvalue weighted by Crippen LogP contribution is -2.19. The Labute approximate surface area is 123 Å². The zero-order valence-corrected chi connectivity index (χ0v) is 11.8. The third kappa shape index (κ3) is 4.42. The van der Waals surface area contributed by atoms with E-state index in [4.69, 9.17) is 15.2 Å². The number of ether oxygens (including phenoxy) is 2. The average molecular weight is 286 g/mol. The van der Waals surface area contributed by atoms with Crippen molar-refractivity contribution < 1.29 is 14.3 Å². The van der Waals surface area contributed by atoms with Crippen LogP contribution in [0.2, 0.25) is 0 Å². The van der Waals surface area contributed by atoms with Gasteiger partial charge in [0.2, 0.25) is 0 Å². The van der Waals surface area contributed by atoms with E-state index < -0.39 is 5.91 Å². The molecule has 5 nitrogen and oxygen atoms in total. The van der Waals surface area contributed by atoms with Gasteiger partial charge in [-0.05, 0) is 29.8 Å². The van der Waals surface area contributed by atoms with Crippen LogP contribution in [-0.2, 0) is 11.3 Å². The molecule has 3 N–H and O–H groups in total. The molecule has 110 valence electrons.